The van der Waals surface area contributed by atoms with Gasteiger partial charge in [-0.05, 0) is 12.8 Å². The smallest absolute Gasteiger partial charge is 0.352 e. The Bertz CT molecular complexity index is 758. The number of carboxylic acids is 1. The summed E-state index contributed by atoms with van der Waals surface area (Å²) in [4.78, 5) is 62.6. The molecule has 1 saturated heterocycles. The first-order valence-corrected chi connectivity index (χ1v) is 9.37. The van der Waals surface area contributed by atoms with E-state index in [9.17, 15) is 29.1 Å². The van der Waals surface area contributed by atoms with Gasteiger partial charge in [-0.15, -0.1) is 11.8 Å². The molecule has 3 aliphatic rings. The fraction of sp³-hybridized carbons (Fsp3) is 0.562. The minimum Gasteiger partial charge on any atom is -0.477 e. The third-order valence-electron chi connectivity index (χ3n) is 4.88. The molecular formula is C16H18N2O8S. The largest absolute Gasteiger partial charge is 0.477 e. The highest BCUT2D eigenvalue weighted by Crippen LogP contribution is 2.45. The summed E-state index contributed by atoms with van der Waals surface area (Å²) in [5.41, 5.74) is 2.45. The molecule has 0 radical (unpaired) electrons. The van der Waals surface area contributed by atoms with Crippen LogP contribution in [-0.2, 0) is 28.7 Å². The second kappa shape index (κ2) is 7.06. The summed E-state index contributed by atoms with van der Waals surface area (Å²) in [6.07, 6.45) is 0.564. The van der Waals surface area contributed by atoms with E-state index >= 15 is 0 Å². The van der Waals surface area contributed by atoms with Crippen LogP contribution in [0.1, 0.15) is 25.7 Å². The lowest BCUT2D eigenvalue weighted by Gasteiger charge is -2.49. The summed E-state index contributed by atoms with van der Waals surface area (Å²) in [5, 5.41) is 18.1. The standard InChI is InChI=1S/C16H18N2O8S/c17-11-13(23)18-12(15(24)25)7(6-27-14(11)18)16(26-10(22)5-19)8(20)3-1-2-4-9(16)21/h11,14,19H,1-6,17H2,(H,24,25)/t11-,14-/m1/s1. The average molecular weight is 398 g/mol. The fourth-order valence-corrected chi connectivity index (χ4v) is 4.94. The van der Waals surface area contributed by atoms with Crippen molar-refractivity contribution in [3.8, 4) is 0 Å². The first-order chi connectivity index (χ1) is 12.8. The van der Waals surface area contributed by atoms with Gasteiger partial charge in [0.05, 0.1) is 0 Å². The third kappa shape index (κ3) is 2.86. The predicted octanol–water partition coefficient (Wildman–Crippen LogP) is -1.45. The first-order valence-electron chi connectivity index (χ1n) is 8.32. The zero-order valence-corrected chi connectivity index (χ0v) is 15.0. The van der Waals surface area contributed by atoms with Crippen LogP contribution in [0.4, 0.5) is 0 Å². The molecule has 0 spiro atoms. The summed E-state index contributed by atoms with van der Waals surface area (Å²) < 4.78 is 5.13. The van der Waals surface area contributed by atoms with Crippen molar-refractivity contribution in [2.24, 2.45) is 5.73 Å². The number of aliphatic hydroxyl groups excluding tert-OH is 1. The molecule has 2 aliphatic heterocycles. The van der Waals surface area contributed by atoms with Gasteiger partial charge in [0.25, 0.3) is 5.60 Å². The van der Waals surface area contributed by atoms with Crippen molar-refractivity contribution in [1.29, 1.82) is 0 Å². The summed E-state index contributed by atoms with van der Waals surface area (Å²) in [6, 6.07) is -0.887. The number of hydrogen-bond donors (Lipinski definition) is 3. The molecule has 4 N–H and O–H groups in total. The van der Waals surface area contributed by atoms with E-state index in [1.54, 1.807) is 0 Å². The summed E-state index contributed by atoms with van der Waals surface area (Å²) in [5.74, 6) is -5.04. The van der Waals surface area contributed by atoms with Gasteiger partial charge in [0, 0.05) is 24.2 Å². The molecule has 10 nitrogen and oxygen atoms in total. The van der Waals surface area contributed by atoms with Crippen LogP contribution in [0.5, 0.6) is 0 Å². The van der Waals surface area contributed by atoms with Gasteiger partial charge in [0.1, 0.15) is 23.7 Å². The lowest BCUT2D eigenvalue weighted by molar-refractivity contribution is -0.171. The zero-order chi connectivity index (χ0) is 19.9. The maximum atomic E-state index is 12.9. The number of Topliss-reactive ketones (excluding diaryl/α,β-unsaturated/α-hetero) is 2. The topological polar surface area (TPSA) is 164 Å². The maximum Gasteiger partial charge on any atom is 0.352 e. The number of thioether (sulfide) groups is 1. The number of ether oxygens (including phenoxy) is 1. The highest BCUT2D eigenvalue weighted by molar-refractivity contribution is 8.00. The molecule has 0 unspecified atom stereocenters. The Kier molecular flexibility index (Phi) is 5.10. The van der Waals surface area contributed by atoms with Crippen molar-refractivity contribution >= 4 is 41.2 Å². The van der Waals surface area contributed by atoms with Crippen LogP contribution in [0.2, 0.25) is 0 Å². The number of rotatable bonds is 4. The van der Waals surface area contributed by atoms with E-state index in [2.05, 4.69) is 0 Å². The van der Waals surface area contributed by atoms with Gasteiger partial charge >= 0.3 is 11.9 Å². The Balaban J connectivity index is 2.22. The molecule has 2 heterocycles. The number of nitrogens with zero attached hydrogens (tertiary/aromatic N) is 1. The molecule has 11 heteroatoms. The number of fused-ring (bicyclic) bond motifs is 1. The van der Waals surface area contributed by atoms with Gasteiger partial charge in [-0.25, -0.2) is 9.59 Å². The number of carbonyl (C=O) groups excluding carboxylic acids is 4. The molecule has 1 amide bonds. The normalized spacial score (nSPS) is 27.6. The van der Waals surface area contributed by atoms with E-state index in [1.807, 2.05) is 0 Å². The Morgan fingerprint density at radius 1 is 1.22 bits per heavy atom. The van der Waals surface area contributed by atoms with Gasteiger partial charge in [0.2, 0.25) is 5.91 Å². The SMILES string of the molecule is N[C@@H]1C(=O)N2C(C(=O)O)=C(C3(OC(=O)CO)C(=O)CCCCC3=O)CS[C@H]12. The molecule has 0 aromatic rings. The van der Waals surface area contributed by atoms with Crippen LogP contribution in [0, 0.1) is 0 Å². The number of ketones is 2. The number of esters is 1. The second-order valence-electron chi connectivity index (χ2n) is 6.43. The number of aliphatic carboxylic acids is 1. The van der Waals surface area contributed by atoms with Crippen molar-refractivity contribution in [3.63, 3.8) is 0 Å². The van der Waals surface area contributed by atoms with Crippen molar-refractivity contribution in [2.75, 3.05) is 12.4 Å². The van der Waals surface area contributed by atoms with E-state index < -0.39 is 58.7 Å². The van der Waals surface area contributed by atoms with Crippen LogP contribution >= 0.6 is 11.8 Å². The van der Waals surface area contributed by atoms with E-state index in [4.69, 9.17) is 15.6 Å². The van der Waals surface area contributed by atoms with Crippen LogP contribution in [0.15, 0.2) is 11.3 Å². The first kappa shape index (κ1) is 19.5. The van der Waals surface area contributed by atoms with Gasteiger partial charge in [-0.1, -0.05) is 0 Å². The molecule has 0 bridgehead atoms. The van der Waals surface area contributed by atoms with Gasteiger partial charge in [0.15, 0.2) is 11.6 Å². The highest BCUT2D eigenvalue weighted by Gasteiger charge is 2.60. The molecule has 1 aliphatic carbocycles. The van der Waals surface area contributed by atoms with E-state index in [0.717, 1.165) is 16.7 Å². The van der Waals surface area contributed by atoms with E-state index in [-0.39, 0.29) is 24.2 Å². The molecule has 2 fully saturated rings. The van der Waals surface area contributed by atoms with Crippen LogP contribution in [0.3, 0.4) is 0 Å². The Morgan fingerprint density at radius 3 is 2.33 bits per heavy atom. The quantitative estimate of drug-likeness (QED) is 0.221. The molecule has 27 heavy (non-hydrogen) atoms. The van der Waals surface area contributed by atoms with Crippen LogP contribution < -0.4 is 5.73 Å². The molecule has 146 valence electrons. The number of aliphatic hydroxyl groups is 1. The molecule has 1 saturated carbocycles. The third-order valence-corrected chi connectivity index (χ3v) is 6.18. The lowest BCUT2D eigenvalue weighted by atomic mass is 9.82. The lowest BCUT2D eigenvalue weighted by Crippen LogP contribution is -2.69. The van der Waals surface area contributed by atoms with E-state index in [0.29, 0.717) is 12.8 Å². The number of amides is 1. The van der Waals surface area contributed by atoms with Crippen molar-refractivity contribution in [3.05, 3.63) is 11.3 Å². The average Bonchev–Trinajstić information content (AvgIpc) is 2.79. The molecule has 0 aromatic heterocycles. The number of β-lactam (4-membered cyclic amide) rings is 1. The number of carboxylic acid groups (broad SMARTS) is 1. The maximum absolute atomic E-state index is 12.9. The predicted molar refractivity (Wildman–Crippen MR) is 90.1 cm³/mol. The Labute approximate surface area is 157 Å². The molecule has 2 atom stereocenters. The van der Waals surface area contributed by atoms with Crippen molar-refractivity contribution in [1.82, 2.24) is 4.90 Å². The Morgan fingerprint density at radius 2 is 1.81 bits per heavy atom. The second-order valence-corrected chi connectivity index (χ2v) is 7.54. The van der Waals surface area contributed by atoms with Crippen molar-refractivity contribution < 1.29 is 38.9 Å². The molecule has 0 aromatic carbocycles. The monoisotopic (exact) mass is 398 g/mol. The number of hydrogen-bond acceptors (Lipinski definition) is 9. The van der Waals surface area contributed by atoms with Crippen LogP contribution in [-0.4, -0.2) is 73.9 Å². The highest BCUT2D eigenvalue weighted by atomic mass is 32.2. The fourth-order valence-electron chi connectivity index (χ4n) is 3.58. The summed E-state index contributed by atoms with van der Waals surface area (Å²) in [7, 11) is 0. The minimum absolute atomic E-state index is 0.0948. The Hall–Kier alpha value is -2.24. The summed E-state index contributed by atoms with van der Waals surface area (Å²) in [6.45, 7) is -1.08. The molecule has 3 rings (SSSR count). The minimum atomic E-state index is -2.44. The number of carbonyl (C=O) groups is 5. The number of nitrogens with two attached hydrogens (primary N) is 1. The van der Waals surface area contributed by atoms with Gasteiger partial charge < -0.3 is 20.7 Å². The van der Waals surface area contributed by atoms with Gasteiger partial charge in [-0.3, -0.25) is 19.3 Å². The van der Waals surface area contributed by atoms with Crippen LogP contribution in [0.25, 0.3) is 0 Å². The summed E-state index contributed by atoms with van der Waals surface area (Å²) >= 11 is 1.09. The van der Waals surface area contributed by atoms with Gasteiger partial charge in [-0.2, -0.15) is 0 Å². The van der Waals surface area contributed by atoms with E-state index in [1.165, 1.54) is 0 Å². The molecular weight excluding hydrogens is 380 g/mol. The zero-order valence-electron chi connectivity index (χ0n) is 14.2. The van der Waals surface area contributed by atoms with Crippen molar-refractivity contribution in [2.45, 2.75) is 42.7 Å².